The highest BCUT2D eigenvalue weighted by atomic mass is 35.5. The minimum atomic E-state index is -0.638. The molecule has 1 amide bonds. The highest BCUT2D eigenvalue weighted by Gasteiger charge is 2.26. The Bertz CT molecular complexity index is 1350. The molecule has 3 N–H and O–H groups in total. The zero-order valence-electron chi connectivity index (χ0n) is 16.3. The Morgan fingerprint density at radius 3 is 2.56 bits per heavy atom. The molecule has 0 aliphatic heterocycles. The number of anilines is 1. The van der Waals surface area contributed by atoms with Gasteiger partial charge in [-0.2, -0.15) is 9.78 Å². The van der Waals surface area contributed by atoms with Crippen molar-refractivity contribution < 1.29 is 9.42 Å². The number of hydrogen-bond acceptors (Lipinski definition) is 8. The Labute approximate surface area is 195 Å². The zero-order chi connectivity index (χ0) is 22.8. The first-order valence-electron chi connectivity index (χ1n) is 8.96. The Morgan fingerprint density at radius 1 is 1.09 bits per heavy atom. The van der Waals surface area contributed by atoms with Crippen LogP contribution in [0.4, 0.5) is 5.82 Å². The van der Waals surface area contributed by atoms with Crippen molar-refractivity contribution in [1.29, 1.82) is 0 Å². The van der Waals surface area contributed by atoms with E-state index in [4.69, 9.17) is 40.5 Å². The third kappa shape index (κ3) is 4.15. The maximum Gasteiger partial charge on any atom is 0.294 e. The van der Waals surface area contributed by atoms with Gasteiger partial charge in [-0.25, -0.2) is 10.1 Å². The van der Waals surface area contributed by atoms with Gasteiger partial charge in [-0.05, 0) is 41.0 Å². The molecule has 0 radical (unpaired) electrons. The number of aromatic nitrogens is 5. The molecule has 0 aliphatic carbocycles. The van der Waals surface area contributed by atoms with Gasteiger partial charge in [0.25, 0.3) is 5.91 Å². The van der Waals surface area contributed by atoms with E-state index in [1.54, 1.807) is 49.4 Å². The third-order valence-electron chi connectivity index (χ3n) is 4.37. The summed E-state index contributed by atoms with van der Waals surface area (Å²) in [6, 6.07) is 11.9. The highest BCUT2D eigenvalue weighted by Crippen LogP contribution is 2.31. The maximum atomic E-state index is 13.0. The third-order valence-corrected chi connectivity index (χ3v) is 5.44. The van der Waals surface area contributed by atoms with E-state index in [9.17, 15) is 4.79 Å². The van der Waals surface area contributed by atoms with Crippen molar-refractivity contribution in [2.75, 3.05) is 5.73 Å². The molecule has 0 saturated heterocycles. The number of hydrazone groups is 1. The van der Waals surface area contributed by atoms with E-state index in [0.29, 0.717) is 31.9 Å². The molecule has 32 heavy (non-hydrogen) atoms. The number of nitrogens with two attached hydrogens (primary N) is 1. The molecule has 162 valence electrons. The summed E-state index contributed by atoms with van der Waals surface area (Å²) >= 11 is 18.3. The predicted molar refractivity (Wildman–Crippen MR) is 120 cm³/mol. The molecule has 0 saturated carbocycles. The average molecular weight is 492 g/mol. The number of hydrogen-bond donors (Lipinski definition) is 2. The van der Waals surface area contributed by atoms with E-state index >= 15 is 0 Å². The van der Waals surface area contributed by atoms with Crippen LogP contribution in [0.2, 0.25) is 15.1 Å². The lowest BCUT2D eigenvalue weighted by atomic mass is 10.1. The molecular formula is C19H13Cl3N8O2. The van der Waals surface area contributed by atoms with E-state index in [1.165, 1.54) is 4.68 Å². The van der Waals surface area contributed by atoms with Gasteiger partial charge >= 0.3 is 0 Å². The molecule has 0 spiro atoms. The molecule has 13 heteroatoms. The molecule has 2 aromatic heterocycles. The standard InChI is InChI=1S/C19H13Cl3N8O2/c1-9(10-6-7-13(21)14(22)8-10)24-26-19(31)15-16(11-4-2-3-5-12(11)20)30(29-25-15)18-17(23)27-32-28-18/h2-8H,1H3,(H2,23,27)(H,26,31)/b24-9-. The van der Waals surface area contributed by atoms with Crippen LogP contribution in [0.15, 0.2) is 52.2 Å². The Morgan fingerprint density at radius 2 is 1.88 bits per heavy atom. The summed E-state index contributed by atoms with van der Waals surface area (Å²) in [6.07, 6.45) is 0. The fraction of sp³-hybridized carbons (Fsp3) is 0.0526. The smallest absolute Gasteiger partial charge is 0.294 e. The van der Waals surface area contributed by atoms with Gasteiger partial charge < -0.3 is 5.73 Å². The molecule has 0 aliphatic rings. The molecule has 4 rings (SSSR count). The van der Waals surface area contributed by atoms with Gasteiger partial charge in [0.2, 0.25) is 11.6 Å². The summed E-state index contributed by atoms with van der Waals surface area (Å²) in [5.74, 6) is -0.619. The number of halogens is 3. The van der Waals surface area contributed by atoms with Crippen LogP contribution in [0.5, 0.6) is 0 Å². The van der Waals surface area contributed by atoms with Crippen molar-refractivity contribution in [1.82, 2.24) is 30.7 Å². The number of nitrogens with one attached hydrogen (secondary N) is 1. The molecule has 0 bridgehead atoms. The average Bonchev–Trinajstić information content (AvgIpc) is 3.40. The number of carbonyl (C=O) groups is 1. The normalized spacial score (nSPS) is 11.6. The second-order valence-electron chi connectivity index (χ2n) is 6.42. The SMILES string of the molecule is C/C(=N/NC(=O)c1nnn(-c2nonc2N)c1-c1ccccc1Cl)c1ccc(Cl)c(Cl)c1. The lowest BCUT2D eigenvalue weighted by molar-refractivity contribution is 0.0950. The number of benzene rings is 2. The summed E-state index contributed by atoms with van der Waals surface area (Å²) in [6.45, 7) is 1.70. The van der Waals surface area contributed by atoms with Crippen molar-refractivity contribution in [3.63, 3.8) is 0 Å². The molecule has 10 nitrogen and oxygen atoms in total. The second kappa shape index (κ2) is 8.95. The fourth-order valence-electron chi connectivity index (χ4n) is 2.79. The highest BCUT2D eigenvalue weighted by molar-refractivity contribution is 6.42. The van der Waals surface area contributed by atoms with Crippen LogP contribution in [0, 0.1) is 0 Å². The first kappa shape index (κ1) is 21.8. The Hall–Kier alpha value is -3.47. The van der Waals surface area contributed by atoms with Gasteiger partial charge in [-0.15, -0.1) is 5.10 Å². The van der Waals surface area contributed by atoms with Gasteiger partial charge in [-0.3, -0.25) is 4.79 Å². The Balaban J connectivity index is 1.72. The van der Waals surface area contributed by atoms with Crippen LogP contribution in [-0.4, -0.2) is 36.9 Å². The topological polar surface area (TPSA) is 137 Å². The lowest BCUT2D eigenvalue weighted by Crippen LogP contribution is -2.21. The lowest BCUT2D eigenvalue weighted by Gasteiger charge is -2.08. The summed E-state index contributed by atoms with van der Waals surface area (Å²) in [5, 5.41) is 20.5. The molecular weight excluding hydrogens is 479 g/mol. The monoisotopic (exact) mass is 490 g/mol. The van der Waals surface area contributed by atoms with E-state index in [2.05, 4.69) is 35.8 Å². The minimum Gasteiger partial charge on any atom is -0.378 e. The van der Waals surface area contributed by atoms with Gasteiger partial charge in [0, 0.05) is 5.56 Å². The Kier molecular flexibility index (Phi) is 6.08. The molecule has 2 heterocycles. The van der Waals surface area contributed by atoms with E-state index in [0.717, 1.165) is 0 Å². The van der Waals surface area contributed by atoms with E-state index in [1.807, 2.05) is 0 Å². The first-order valence-corrected chi connectivity index (χ1v) is 10.1. The number of nitrogens with zero attached hydrogens (tertiary/aromatic N) is 6. The number of nitrogen functional groups attached to an aromatic ring is 1. The van der Waals surface area contributed by atoms with Gasteiger partial charge in [0.15, 0.2) is 5.69 Å². The van der Waals surface area contributed by atoms with Crippen molar-refractivity contribution in [2.24, 2.45) is 5.10 Å². The van der Waals surface area contributed by atoms with Crippen molar-refractivity contribution in [3.05, 3.63) is 68.8 Å². The van der Waals surface area contributed by atoms with Crippen LogP contribution in [0.3, 0.4) is 0 Å². The van der Waals surface area contributed by atoms with E-state index in [-0.39, 0.29) is 23.0 Å². The van der Waals surface area contributed by atoms with E-state index < -0.39 is 5.91 Å². The van der Waals surface area contributed by atoms with Crippen LogP contribution in [0.25, 0.3) is 17.1 Å². The second-order valence-corrected chi connectivity index (χ2v) is 7.64. The minimum absolute atomic E-state index is 0.0383. The van der Waals surface area contributed by atoms with Crippen LogP contribution < -0.4 is 11.2 Å². The summed E-state index contributed by atoms with van der Waals surface area (Å²) in [4.78, 5) is 13.0. The number of rotatable bonds is 5. The zero-order valence-corrected chi connectivity index (χ0v) is 18.5. The number of amides is 1. The van der Waals surface area contributed by atoms with Crippen LogP contribution in [0.1, 0.15) is 23.0 Å². The number of carbonyl (C=O) groups excluding carboxylic acids is 1. The van der Waals surface area contributed by atoms with Crippen molar-refractivity contribution >= 4 is 52.2 Å². The first-order chi connectivity index (χ1) is 15.4. The molecule has 0 unspecified atom stereocenters. The summed E-state index contributed by atoms with van der Waals surface area (Å²) in [5.41, 5.74) is 10.1. The quantitative estimate of drug-likeness (QED) is 0.318. The largest absolute Gasteiger partial charge is 0.378 e. The summed E-state index contributed by atoms with van der Waals surface area (Å²) in [7, 11) is 0. The van der Waals surface area contributed by atoms with Gasteiger partial charge in [-0.1, -0.05) is 64.3 Å². The van der Waals surface area contributed by atoms with Crippen LogP contribution >= 0.6 is 34.8 Å². The molecule has 4 aromatic rings. The molecule has 0 atom stereocenters. The van der Waals surface area contributed by atoms with Crippen molar-refractivity contribution in [2.45, 2.75) is 6.92 Å². The van der Waals surface area contributed by atoms with Gasteiger partial charge in [0.1, 0.15) is 5.69 Å². The fourth-order valence-corrected chi connectivity index (χ4v) is 3.31. The van der Waals surface area contributed by atoms with Crippen molar-refractivity contribution in [3.8, 4) is 17.1 Å². The summed E-state index contributed by atoms with van der Waals surface area (Å²) < 4.78 is 5.87. The predicted octanol–water partition coefficient (Wildman–Crippen LogP) is 4.01. The molecule has 2 aromatic carbocycles. The molecule has 0 fully saturated rings. The maximum absolute atomic E-state index is 13.0. The van der Waals surface area contributed by atoms with Gasteiger partial charge in [0.05, 0.1) is 20.8 Å². The van der Waals surface area contributed by atoms with Crippen LogP contribution in [-0.2, 0) is 0 Å².